The van der Waals surface area contributed by atoms with Gasteiger partial charge in [0.1, 0.15) is 5.82 Å². The highest BCUT2D eigenvalue weighted by Gasteiger charge is 2.26. The van der Waals surface area contributed by atoms with Gasteiger partial charge < -0.3 is 4.74 Å². The molecule has 0 aliphatic heterocycles. The Labute approximate surface area is 156 Å². The fourth-order valence-corrected chi connectivity index (χ4v) is 3.83. The molecule has 3 rings (SSSR count). The predicted octanol–water partition coefficient (Wildman–Crippen LogP) is 3.30. The topological polar surface area (TPSA) is 89.5 Å². The van der Waals surface area contributed by atoms with Crippen LogP contribution in [0.3, 0.4) is 0 Å². The number of Topliss-reactive ketones (excluding diaryl/α,β-unsaturated/α-hetero) is 1. The summed E-state index contributed by atoms with van der Waals surface area (Å²) in [6.45, 7) is 0. The first-order valence-electron chi connectivity index (χ1n) is 8.47. The Morgan fingerprint density at radius 2 is 1.70 bits per heavy atom. The van der Waals surface area contributed by atoms with Gasteiger partial charge in [-0.15, -0.1) is 0 Å². The zero-order valence-corrected chi connectivity index (χ0v) is 15.2. The Balaban J connectivity index is 1.67. The van der Waals surface area contributed by atoms with Crippen molar-refractivity contribution in [3.05, 3.63) is 59.9 Å². The van der Waals surface area contributed by atoms with Gasteiger partial charge in [0, 0.05) is 12.1 Å². The molecule has 0 bridgehead atoms. The van der Waals surface area contributed by atoms with Crippen LogP contribution in [0.15, 0.2) is 53.4 Å². The molecule has 0 aromatic heterocycles. The second-order valence-corrected chi connectivity index (χ2v) is 7.93. The van der Waals surface area contributed by atoms with Gasteiger partial charge in [-0.25, -0.2) is 17.6 Å². The van der Waals surface area contributed by atoms with Crippen LogP contribution in [-0.2, 0) is 19.6 Å². The fourth-order valence-electron chi connectivity index (χ4n) is 2.78. The van der Waals surface area contributed by atoms with E-state index in [-0.39, 0.29) is 21.9 Å². The second kappa shape index (κ2) is 7.87. The van der Waals surface area contributed by atoms with Gasteiger partial charge >= 0.3 is 5.97 Å². The number of halogens is 1. The number of rotatable bonds is 5. The van der Waals surface area contributed by atoms with E-state index < -0.39 is 27.9 Å². The van der Waals surface area contributed by atoms with E-state index >= 15 is 0 Å². The number of nitrogens with one attached hydrogen (secondary N) is 1. The molecule has 2 aromatic rings. The van der Waals surface area contributed by atoms with Crippen molar-refractivity contribution >= 4 is 27.5 Å². The summed E-state index contributed by atoms with van der Waals surface area (Å²) in [5, 5.41) is 0. The van der Waals surface area contributed by atoms with Crippen molar-refractivity contribution in [3.63, 3.8) is 0 Å². The molecule has 0 unspecified atom stereocenters. The highest BCUT2D eigenvalue weighted by molar-refractivity contribution is 7.92. The van der Waals surface area contributed by atoms with Crippen LogP contribution in [0.5, 0.6) is 0 Å². The predicted molar refractivity (Wildman–Crippen MR) is 96.3 cm³/mol. The highest BCUT2D eigenvalue weighted by Crippen LogP contribution is 2.20. The third-order valence-corrected chi connectivity index (χ3v) is 5.64. The van der Waals surface area contributed by atoms with Crippen molar-refractivity contribution in [2.75, 3.05) is 4.72 Å². The van der Waals surface area contributed by atoms with Gasteiger partial charge in [0.05, 0.1) is 10.5 Å². The van der Waals surface area contributed by atoms with Crippen LogP contribution in [-0.4, -0.2) is 26.3 Å². The molecule has 0 amide bonds. The second-order valence-electron chi connectivity index (χ2n) is 6.24. The Hall–Kier alpha value is -2.74. The molecule has 1 aliphatic carbocycles. The van der Waals surface area contributed by atoms with E-state index in [2.05, 4.69) is 4.72 Å². The molecule has 27 heavy (non-hydrogen) atoms. The zero-order chi connectivity index (χ0) is 19.4. The number of carbonyl (C=O) groups is 2. The number of anilines is 1. The van der Waals surface area contributed by atoms with Crippen LogP contribution in [0.25, 0.3) is 0 Å². The molecular formula is C19H18FNO5S. The lowest BCUT2D eigenvalue weighted by molar-refractivity contribution is -0.129. The smallest absolute Gasteiger partial charge is 0.338 e. The van der Waals surface area contributed by atoms with Gasteiger partial charge in [-0.3, -0.25) is 9.52 Å². The molecule has 6 nitrogen and oxygen atoms in total. The van der Waals surface area contributed by atoms with E-state index in [9.17, 15) is 22.4 Å². The average molecular weight is 391 g/mol. The molecular weight excluding hydrogens is 373 g/mol. The molecule has 0 heterocycles. The van der Waals surface area contributed by atoms with Gasteiger partial charge in [0.15, 0.2) is 11.9 Å². The van der Waals surface area contributed by atoms with Crippen LogP contribution in [0.1, 0.15) is 36.0 Å². The molecule has 1 atom stereocenters. The molecule has 0 saturated heterocycles. The van der Waals surface area contributed by atoms with Crippen molar-refractivity contribution in [1.82, 2.24) is 0 Å². The van der Waals surface area contributed by atoms with Gasteiger partial charge in [0.25, 0.3) is 10.0 Å². The van der Waals surface area contributed by atoms with Crippen molar-refractivity contribution < 1.29 is 27.1 Å². The molecule has 8 heteroatoms. The van der Waals surface area contributed by atoms with Crippen molar-refractivity contribution in [3.8, 4) is 0 Å². The third-order valence-electron chi connectivity index (χ3n) is 4.24. The lowest BCUT2D eigenvalue weighted by atomic mass is 9.96. The Bertz CT molecular complexity index is 939. The van der Waals surface area contributed by atoms with Gasteiger partial charge in [-0.1, -0.05) is 0 Å². The number of esters is 1. The monoisotopic (exact) mass is 391 g/mol. The van der Waals surface area contributed by atoms with Crippen molar-refractivity contribution in [2.45, 2.75) is 36.7 Å². The first-order valence-corrected chi connectivity index (χ1v) is 9.96. The quantitative estimate of drug-likeness (QED) is 0.790. The van der Waals surface area contributed by atoms with E-state index in [1.807, 2.05) is 0 Å². The molecule has 1 N–H and O–H groups in total. The molecule has 1 fully saturated rings. The molecule has 0 radical (unpaired) electrons. The highest BCUT2D eigenvalue weighted by atomic mass is 32.2. The number of ketones is 1. The van der Waals surface area contributed by atoms with Crippen LogP contribution in [0.2, 0.25) is 0 Å². The maximum atomic E-state index is 12.9. The Morgan fingerprint density at radius 1 is 1.04 bits per heavy atom. The molecule has 142 valence electrons. The van der Waals surface area contributed by atoms with Gasteiger partial charge in [0.2, 0.25) is 0 Å². The van der Waals surface area contributed by atoms with E-state index in [1.54, 1.807) is 0 Å². The number of carbonyl (C=O) groups excluding carboxylic acids is 2. The molecule has 0 spiro atoms. The lowest BCUT2D eigenvalue weighted by Gasteiger charge is -2.20. The first kappa shape index (κ1) is 19.0. The van der Waals surface area contributed by atoms with Crippen LogP contribution in [0, 0.1) is 5.82 Å². The fraction of sp³-hybridized carbons (Fsp3) is 0.263. The average Bonchev–Trinajstić information content (AvgIpc) is 2.64. The minimum Gasteiger partial charge on any atom is -0.451 e. The number of hydrogen-bond acceptors (Lipinski definition) is 5. The van der Waals surface area contributed by atoms with Crippen molar-refractivity contribution in [2.24, 2.45) is 0 Å². The van der Waals surface area contributed by atoms with Gasteiger partial charge in [-0.05, 0) is 67.8 Å². The van der Waals surface area contributed by atoms with Crippen LogP contribution < -0.4 is 4.72 Å². The number of benzene rings is 2. The summed E-state index contributed by atoms with van der Waals surface area (Å²) in [6, 6.07) is 10.1. The van der Waals surface area contributed by atoms with E-state index in [4.69, 9.17) is 4.74 Å². The zero-order valence-electron chi connectivity index (χ0n) is 14.4. The van der Waals surface area contributed by atoms with E-state index in [0.717, 1.165) is 37.1 Å². The summed E-state index contributed by atoms with van der Waals surface area (Å²) in [6.07, 6.45) is 1.90. The summed E-state index contributed by atoms with van der Waals surface area (Å²) in [5.41, 5.74) is 0.461. The molecule has 1 saturated carbocycles. The largest absolute Gasteiger partial charge is 0.451 e. The van der Waals surface area contributed by atoms with Crippen LogP contribution >= 0.6 is 0 Å². The maximum Gasteiger partial charge on any atom is 0.338 e. The number of hydrogen-bond donors (Lipinski definition) is 1. The number of sulfonamides is 1. The normalized spacial score (nSPS) is 17.4. The summed E-state index contributed by atoms with van der Waals surface area (Å²) in [5.74, 6) is -1.23. The van der Waals surface area contributed by atoms with E-state index in [0.29, 0.717) is 12.8 Å². The molecule has 2 aromatic carbocycles. The Morgan fingerprint density at radius 3 is 2.33 bits per heavy atom. The number of ether oxygens (including phenoxy) is 1. The third kappa shape index (κ3) is 4.71. The standard InChI is InChI=1S/C19H18FNO5S/c20-14-7-11-16(12-8-14)27(24,25)21-15-9-5-13(6-10-15)19(23)26-18-4-2-1-3-17(18)22/h5-12,18,21H,1-4H2/t18-/m1/s1. The summed E-state index contributed by atoms with van der Waals surface area (Å²) < 4.78 is 45.1. The minimum atomic E-state index is -3.87. The van der Waals surface area contributed by atoms with Crippen LogP contribution in [0.4, 0.5) is 10.1 Å². The minimum absolute atomic E-state index is 0.0710. The molecule has 1 aliphatic rings. The van der Waals surface area contributed by atoms with E-state index in [1.165, 1.54) is 24.3 Å². The Kier molecular flexibility index (Phi) is 5.55. The summed E-state index contributed by atoms with van der Waals surface area (Å²) in [4.78, 5) is 23.8. The maximum absolute atomic E-state index is 12.9. The lowest BCUT2D eigenvalue weighted by Crippen LogP contribution is -2.30. The van der Waals surface area contributed by atoms with Crippen molar-refractivity contribution in [1.29, 1.82) is 0 Å². The summed E-state index contributed by atoms with van der Waals surface area (Å²) in [7, 11) is -3.87. The first-order chi connectivity index (χ1) is 12.8. The summed E-state index contributed by atoms with van der Waals surface area (Å²) >= 11 is 0. The SMILES string of the molecule is O=C(O[C@@H]1CCCCC1=O)c1ccc(NS(=O)(=O)c2ccc(F)cc2)cc1. The van der Waals surface area contributed by atoms with Gasteiger partial charge in [-0.2, -0.15) is 0 Å².